The molecular formula is C18H27ClN2O2. The van der Waals surface area contributed by atoms with Crippen molar-refractivity contribution in [2.24, 2.45) is 11.7 Å². The van der Waals surface area contributed by atoms with Gasteiger partial charge in [-0.2, -0.15) is 0 Å². The highest BCUT2D eigenvalue weighted by molar-refractivity contribution is 5.98. The van der Waals surface area contributed by atoms with E-state index in [1.807, 2.05) is 31.2 Å². The lowest BCUT2D eigenvalue weighted by Gasteiger charge is -2.31. The van der Waals surface area contributed by atoms with E-state index in [1.54, 1.807) is 0 Å². The minimum atomic E-state index is -0.0363. The van der Waals surface area contributed by atoms with Crippen molar-refractivity contribution in [2.45, 2.75) is 51.5 Å². The molecule has 3 N–H and O–H groups in total. The van der Waals surface area contributed by atoms with Crippen LogP contribution in [0.25, 0.3) is 0 Å². The number of hydrogen-bond donors (Lipinski definition) is 2. The van der Waals surface area contributed by atoms with Crippen molar-refractivity contribution in [1.29, 1.82) is 0 Å². The molecule has 1 aliphatic carbocycles. The normalized spacial score (nSPS) is 20.4. The maximum atomic E-state index is 12.1. The van der Waals surface area contributed by atoms with Crippen molar-refractivity contribution in [3.8, 4) is 0 Å². The maximum absolute atomic E-state index is 12.1. The Morgan fingerprint density at radius 2 is 1.78 bits per heavy atom. The first-order valence-electron chi connectivity index (χ1n) is 8.19. The van der Waals surface area contributed by atoms with E-state index in [4.69, 9.17) is 5.73 Å². The summed E-state index contributed by atoms with van der Waals surface area (Å²) in [6.45, 7) is 2.60. The molecule has 1 amide bonds. The number of ketones is 1. The molecular weight excluding hydrogens is 312 g/mol. The summed E-state index contributed by atoms with van der Waals surface area (Å²) in [6.07, 6.45) is 4.93. The first kappa shape index (κ1) is 19.7. The predicted molar refractivity (Wildman–Crippen MR) is 94.9 cm³/mol. The van der Waals surface area contributed by atoms with E-state index < -0.39 is 0 Å². The van der Waals surface area contributed by atoms with Gasteiger partial charge in [-0.15, -0.1) is 12.4 Å². The van der Waals surface area contributed by atoms with E-state index in [-0.39, 0.29) is 43.0 Å². The molecule has 128 valence electrons. The quantitative estimate of drug-likeness (QED) is 0.783. The number of aryl methyl sites for hydroxylation is 1. The largest absolute Gasteiger partial charge is 0.353 e. The molecule has 2 atom stereocenters. The van der Waals surface area contributed by atoms with E-state index >= 15 is 0 Å². The van der Waals surface area contributed by atoms with E-state index in [1.165, 1.54) is 6.42 Å². The molecule has 1 aromatic rings. The Morgan fingerprint density at radius 1 is 1.13 bits per heavy atom. The Labute approximate surface area is 144 Å². The van der Waals surface area contributed by atoms with Crippen LogP contribution in [0.15, 0.2) is 24.3 Å². The van der Waals surface area contributed by atoms with Gasteiger partial charge in [-0.3, -0.25) is 9.59 Å². The summed E-state index contributed by atoms with van der Waals surface area (Å²) >= 11 is 0. The molecule has 0 radical (unpaired) electrons. The Morgan fingerprint density at radius 3 is 2.43 bits per heavy atom. The number of halogens is 1. The van der Waals surface area contributed by atoms with E-state index in [0.717, 1.165) is 24.8 Å². The van der Waals surface area contributed by atoms with Gasteiger partial charge in [0.05, 0.1) is 0 Å². The van der Waals surface area contributed by atoms with Crippen molar-refractivity contribution in [2.75, 3.05) is 6.54 Å². The average molecular weight is 339 g/mol. The Hall–Kier alpha value is -1.39. The van der Waals surface area contributed by atoms with Gasteiger partial charge in [0.2, 0.25) is 5.91 Å². The molecule has 0 aliphatic heterocycles. The van der Waals surface area contributed by atoms with Gasteiger partial charge in [0.1, 0.15) is 0 Å². The van der Waals surface area contributed by atoms with Crippen LogP contribution in [-0.2, 0) is 4.79 Å². The third-order valence-electron chi connectivity index (χ3n) is 4.51. The van der Waals surface area contributed by atoms with Crippen molar-refractivity contribution in [3.63, 3.8) is 0 Å². The molecule has 0 bridgehead atoms. The number of benzene rings is 1. The van der Waals surface area contributed by atoms with Gasteiger partial charge in [-0.05, 0) is 32.2 Å². The molecule has 0 saturated heterocycles. The zero-order chi connectivity index (χ0) is 15.9. The fourth-order valence-corrected chi connectivity index (χ4v) is 3.07. The third kappa shape index (κ3) is 5.96. The molecule has 1 fully saturated rings. The fourth-order valence-electron chi connectivity index (χ4n) is 3.07. The van der Waals surface area contributed by atoms with Crippen LogP contribution in [0.3, 0.4) is 0 Å². The highest BCUT2D eigenvalue weighted by Gasteiger charge is 2.25. The van der Waals surface area contributed by atoms with Crippen molar-refractivity contribution in [3.05, 3.63) is 35.4 Å². The Balaban J connectivity index is 0.00000264. The van der Waals surface area contributed by atoms with Crippen LogP contribution < -0.4 is 11.1 Å². The minimum absolute atomic E-state index is 0. The summed E-state index contributed by atoms with van der Waals surface area (Å²) in [4.78, 5) is 24.1. The van der Waals surface area contributed by atoms with Crippen LogP contribution in [0, 0.1) is 12.8 Å². The number of amides is 1. The van der Waals surface area contributed by atoms with Crippen LogP contribution in [0.5, 0.6) is 0 Å². The lowest BCUT2D eigenvalue weighted by Crippen LogP contribution is -2.44. The number of carbonyl (C=O) groups is 2. The average Bonchev–Trinajstić information content (AvgIpc) is 2.54. The van der Waals surface area contributed by atoms with Gasteiger partial charge >= 0.3 is 0 Å². The maximum Gasteiger partial charge on any atom is 0.220 e. The first-order valence-corrected chi connectivity index (χ1v) is 8.19. The van der Waals surface area contributed by atoms with Gasteiger partial charge in [0.25, 0.3) is 0 Å². The summed E-state index contributed by atoms with van der Waals surface area (Å²) in [5, 5.41) is 3.06. The topological polar surface area (TPSA) is 72.2 Å². The number of rotatable bonds is 6. The molecule has 2 unspecified atom stereocenters. The SMILES string of the molecule is Cc1ccc(C(=O)CCC(=O)NC2CCCCC2CN)cc1.Cl. The van der Waals surface area contributed by atoms with Crippen LogP contribution in [-0.4, -0.2) is 24.3 Å². The van der Waals surface area contributed by atoms with Crippen molar-refractivity contribution in [1.82, 2.24) is 5.32 Å². The highest BCUT2D eigenvalue weighted by atomic mass is 35.5. The van der Waals surface area contributed by atoms with Crippen LogP contribution in [0.1, 0.15) is 54.4 Å². The molecule has 0 aromatic heterocycles. The Kier molecular flexibility index (Phi) is 8.28. The lowest BCUT2D eigenvalue weighted by atomic mass is 9.84. The molecule has 2 rings (SSSR count). The van der Waals surface area contributed by atoms with E-state index in [2.05, 4.69) is 5.32 Å². The van der Waals surface area contributed by atoms with Gasteiger partial charge in [-0.25, -0.2) is 0 Å². The smallest absolute Gasteiger partial charge is 0.220 e. The number of Topliss-reactive ketones (excluding diaryl/α,β-unsaturated/α-hetero) is 1. The van der Waals surface area contributed by atoms with Gasteiger partial charge in [-0.1, -0.05) is 42.7 Å². The molecule has 0 heterocycles. The summed E-state index contributed by atoms with van der Waals surface area (Å²) in [6, 6.07) is 7.66. The summed E-state index contributed by atoms with van der Waals surface area (Å²) in [7, 11) is 0. The second kappa shape index (κ2) is 9.68. The van der Waals surface area contributed by atoms with Crippen LogP contribution >= 0.6 is 12.4 Å². The highest BCUT2D eigenvalue weighted by Crippen LogP contribution is 2.23. The minimum Gasteiger partial charge on any atom is -0.353 e. The molecule has 5 heteroatoms. The molecule has 4 nitrogen and oxygen atoms in total. The van der Waals surface area contributed by atoms with Gasteiger partial charge in [0, 0.05) is 24.4 Å². The van der Waals surface area contributed by atoms with Crippen molar-refractivity contribution < 1.29 is 9.59 Å². The monoisotopic (exact) mass is 338 g/mol. The number of hydrogen-bond acceptors (Lipinski definition) is 3. The van der Waals surface area contributed by atoms with Gasteiger partial charge < -0.3 is 11.1 Å². The Bertz CT molecular complexity index is 516. The molecule has 23 heavy (non-hydrogen) atoms. The predicted octanol–water partition coefficient (Wildman–Crippen LogP) is 3.01. The third-order valence-corrected chi connectivity index (χ3v) is 4.51. The molecule has 0 spiro atoms. The zero-order valence-corrected chi connectivity index (χ0v) is 14.5. The van der Waals surface area contributed by atoms with Crippen LogP contribution in [0.4, 0.5) is 0 Å². The van der Waals surface area contributed by atoms with E-state index in [9.17, 15) is 9.59 Å². The second-order valence-electron chi connectivity index (χ2n) is 6.24. The van der Waals surface area contributed by atoms with E-state index in [0.29, 0.717) is 18.0 Å². The number of nitrogens with one attached hydrogen (secondary N) is 1. The summed E-state index contributed by atoms with van der Waals surface area (Å²) in [5.41, 5.74) is 7.58. The molecule has 1 aromatic carbocycles. The second-order valence-corrected chi connectivity index (χ2v) is 6.24. The van der Waals surface area contributed by atoms with Crippen molar-refractivity contribution >= 4 is 24.1 Å². The number of nitrogens with two attached hydrogens (primary N) is 1. The number of carbonyl (C=O) groups excluding carboxylic acids is 2. The first-order chi connectivity index (χ1) is 10.6. The molecule has 1 aliphatic rings. The van der Waals surface area contributed by atoms with Crippen LogP contribution in [0.2, 0.25) is 0 Å². The van der Waals surface area contributed by atoms with Gasteiger partial charge in [0.15, 0.2) is 5.78 Å². The zero-order valence-electron chi connectivity index (χ0n) is 13.7. The summed E-state index contributed by atoms with van der Waals surface area (Å²) < 4.78 is 0. The lowest BCUT2D eigenvalue weighted by molar-refractivity contribution is -0.122. The summed E-state index contributed by atoms with van der Waals surface area (Å²) in [5.74, 6) is 0.366. The fraction of sp³-hybridized carbons (Fsp3) is 0.556. The standard InChI is InChI=1S/C18H26N2O2.ClH/c1-13-6-8-14(9-7-13)17(21)10-11-18(22)20-16-5-3-2-4-15(16)12-19;/h6-9,15-16H,2-5,10-12,19H2,1H3,(H,20,22);1H. The molecule has 1 saturated carbocycles.